The fraction of sp³-hybridized carbons (Fsp3) is 0.222. The molecule has 3 aromatic rings. The van der Waals surface area contributed by atoms with Gasteiger partial charge in [0.1, 0.15) is 11.1 Å². The Hall–Kier alpha value is -3.18. The van der Waals surface area contributed by atoms with E-state index in [2.05, 4.69) is 21.6 Å². The molecule has 0 unspecified atom stereocenters. The fourth-order valence-electron chi connectivity index (χ4n) is 3.09. The highest BCUT2D eigenvalue weighted by Crippen LogP contribution is 2.38. The fourth-order valence-corrected chi connectivity index (χ4v) is 4.35. The summed E-state index contributed by atoms with van der Waals surface area (Å²) in [5, 5.41) is 19.9. The average Bonchev–Trinajstić information content (AvgIpc) is 3.33. The van der Waals surface area contributed by atoms with Crippen LogP contribution in [0.3, 0.4) is 0 Å². The van der Waals surface area contributed by atoms with Gasteiger partial charge in [-0.05, 0) is 30.9 Å². The van der Waals surface area contributed by atoms with Crippen molar-refractivity contribution < 1.29 is 14.3 Å². The van der Waals surface area contributed by atoms with E-state index >= 15 is 0 Å². The molecule has 0 aliphatic heterocycles. The molecule has 8 heteroatoms. The molecule has 0 radical (unpaired) electrons. The number of esters is 1. The van der Waals surface area contributed by atoms with Crippen LogP contribution in [0.2, 0.25) is 0 Å². The Labute approximate surface area is 152 Å². The molecule has 0 atom stereocenters. The average molecular weight is 366 g/mol. The van der Waals surface area contributed by atoms with Gasteiger partial charge in [0.05, 0.1) is 11.1 Å². The molecule has 0 bridgehead atoms. The van der Waals surface area contributed by atoms with Crippen LogP contribution in [0.1, 0.15) is 32.9 Å². The summed E-state index contributed by atoms with van der Waals surface area (Å²) in [6, 6.07) is 9.33. The second-order valence-electron chi connectivity index (χ2n) is 5.92. The Morgan fingerprint density at radius 2 is 2.19 bits per heavy atom. The number of nitrogens with one attached hydrogen (secondary N) is 2. The number of carbonyl (C=O) groups excluding carboxylic acids is 2. The second kappa shape index (κ2) is 6.61. The van der Waals surface area contributed by atoms with Gasteiger partial charge >= 0.3 is 5.97 Å². The number of H-pyrrole nitrogens is 1. The number of rotatable bonds is 4. The number of thiophene rings is 1. The van der Waals surface area contributed by atoms with Gasteiger partial charge in [-0.1, -0.05) is 18.2 Å². The topological polar surface area (TPSA) is 108 Å². The number of anilines is 1. The van der Waals surface area contributed by atoms with Crippen LogP contribution in [0.4, 0.5) is 5.00 Å². The normalized spacial score (nSPS) is 12.6. The molecule has 0 spiro atoms. The van der Waals surface area contributed by atoms with Crippen LogP contribution in [-0.4, -0.2) is 28.7 Å². The van der Waals surface area contributed by atoms with E-state index in [0.717, 1.165) is 35.2 Å². The van der Waals surface area contributed by atoms with E-state index in [-0.39, 0.29) is 5.69 Å². The van der Waals surface area contributed by atoms with Crippen molar-refractivity contribution in [3.63, 3.8) is 0 Å². The Morgan fingerprint density at radius 1 is 1.35 bits per heavy atom. The van der Waals surface area contributed by atoms with Gasteiger partial charge in [0.2, 0.25) is 0 Å². The Bertz CT molecular complexity index is 1060. The van der Waals surface area contributed by atoms with Crippen LogP contribution in [0.15, 0.2) is 24.3 Å². The minimum atomic E-state index is -0.674. The third-order valence-electron chi connectivity index (χ3n) is 4.28. The second-order valence-corrected chi connectivity index (χ2v) is 7.02. The molecule has 0 saturated carbocycles. The smallest absolute Gasteiger partial charge is 0.359 e. The SMILES string of the molecule is N#Cc1c(NC(=O)COC(=O)c2n[nH]c3ccccc23)sc2c1CCC2. The molecule has 1 aliphatic carbocycles. The summed E-state index contributed by atoms with van der Waals surface area (Å²) in [4.78, 5) is 25.5. The van der Waals surface area contributed by atoms with Crippen LogP contribution < -0.4 is 5.32 Å². The van der Waals surface area contributed by atoms with Gasteiger partial charge in [-0.15, -0.1) is 11.3 Å². The number of amides is 1. The number of ether oxygens (including phenoxy) is 1. The first-order chi connectivity index (χ1) is 12.7. The standard InChI is InChI=1S/C18H14N4O3S/c19-8-12-10-5-3-7-14(10)26-17(12)20-15(23)9-25-18(24)16-11-4-1-2-6-13(11)21-22-16/h1-2,4,6H,3,5,7,9H2,(H,20,23)(H,21,22). The number of nitriles is 1. The van der Waals surface area contributed by atoms with Crippen LogP contribution >= 0.6 is 11.3 Å². The predicted molar refractivity (Wildman–Crippen MR) is 96.1 cm³/mol. The van der Waals surface area contributed by atoms with E-state index < -0.39 is 18.5 Å². The maximum Gasteiger partial charge on any atom is 0.359 e. The van der Waals surface area contributed by atoms with Crippen molar-refractivity contribution in [1.82, 2.24) is 10.2 Å². The lowest BCUT2D eigenvalue weighted by Crippen LogP contribution is -2.21. The van der Waals surface area contributed by atoms with Gasteiger partial charge in [0.15, 0.2) is 12.3 Å². The molecule has 7 nitrogen and oxygen atoms in total. The first-order valence-electron chi connectivity index (χ1n) is 8.12. The van der Waals surface area contributed by atoms with E-state index in [1.807, 2.05) is 6.07 Å². The molecule has 0 saturated heterocycles. The number of hydrogen-bond donors (Lipinski definition) is 2. The van der Waals surface area contributed by atoms with E-state index in [0.29, 0.717) is 16.0 Å². The van der Waals surface area contributed by atoms with Gasteiger partial charge in [-0.2, -0.15) is 10.4 Å². The van der Waals surface area contributed by atoms with Crippen LogP contribution in [0.25, 0.3) is 10.9 Å². The summed E-state index contributed by atoms with van der Waals surface area (Å²) in [6.07, 6.45) is 2.84. The quantitative estimate of drug-likeness (QED) is 0.690. The lowest BCUT2D eigenvalue weighted by atomic mass is 10.1. The van der Waals surface area contributed by atoms with Crippen LogP contribution in [0.5, 0.6) is 0 Å². The third-order valence-corrected chi connectivity index (χ3v) is 5.49. The number of carbonyl (C=O) groups is 2. The monoisotopic (exact) mass is 366 g/mol. The van der Waals surface area contributed by atoms with Gasteiger partial charge in [0.25, 0.3) is 5.91 Å². The number of nitrogens with zero attached hydrogens (tertiary/aromatic N) is 2. The van der Waals surface area contributed by atoms with Crippen molar-refractivity contribution in [3.05, 3.63) is 46.0 Å². The summed E-state index contributed by atoms with van der Waals surface area (Å²) in [5.74, 6) is -1.15. The summed E-state index contributed by atoms with van der Waals surface area (Å²) in [6.45, 7) is -0.437. The Balaban J connectivity index is 1.42. The number of aryl methyl sites for hydroxylation is 1. The Kier molecular flexibility index (Phi) is 4.14. The molecule has 4 rings (SSSR count). The predicted octanol–water partition coefficient (Wildman–Crippen LogP) is 2.78. The minimum absolute atomic E-state index is 0.140. The van der Waals surface area contributed by atoms with E-state index in [1.165, 1.54) is 11.3 Å². The zero-order valence-electron chi connectivity index (χ0n) is 13.7. The molecule has 1 amide bonds. The number of hydrogen-bond acceptors (Lipinski definition) is 6. The third kappa shape index (κ3) is 2.82. The van der Waals surface area contributed by atoms with E-state index in [9.17, 15) is 14.9 Å². The summed E-state index contributed by atoms with van der Waals surface area (Å²) in [7, 11) is 0. The van der Waals surface area contributed by atoms with Crippen molar-refractivity contribution in [2.75, 3.05) is 11.9 Å². The summed E-state index contributed by atoms with van der Waals surface area (Å²) >= 11 is 1.42. The maximum absolute atomic E-state index is 12.2. The molecular formula is C18H14N4O3S. The van der Waals surface area contributed by atoms with Crippen molar-refractivity contribution in [3.8, 4) is 6.07 Å². The van der Waals surface area contributed by atoms with Gasteiger partial charge in [-0.3, -0.25) is 9.89 Å². The number of benzene rings is 1. The minimum Gasteiger partial charge on any atom is -0.451 e. The molecule has 2 N–H and O–H groups in total. The van der Waals surface area contributed by atoms with E-state index in [1.54, 1.807) is 18.2 Å². The molecule has 0 fully saturated rings. The number of aromatic amines is 1. The first-order valence-corrected chi connectivity index (χ1v) is 8.93. The van der Waals surface area contributed by atoms with Crippen molar-refractivity contribution in [1.29, 1.82) is 5.26 Å². The molecule has 130 valence electrons. The van der Waals surface area contributed by atoms with Gasteiger partial charge in [-0.25, -0.2) is 4.79 Å². The molecule has 1 aliphatic rings. The van der Waals surface area contributed by atoms with Gasteiger partial charge in [0, 0.05) is 10.3 Å². The molecular weight excluding hydrogens is 352 g/mol. The summed E-state index contributed by atoms with van der Waals surface area (Å²) < 4.78 is 5.07. The first kappa shape index (κ1) is 16.3. The van der Waals surface area contributed by atoms with Gasteiger partial charge < -0.3 is 10.1 Å². The van der Waals surface area contributed by atoms with Crippen LogP contribution in [-0.2, 0) is 22.4 Å². The zero-order chi connectivity index (χ0) is 18.1. The molecule has 2 heterocycles. The largest absolute Gasteiger partial charge is 0.451 e. The highest BCUT2D eigenvalue weighted by Gasteiger charge is 2.23. The van der Waals surface area contributed by atoms with Crippen molar-refractivity contribution in [2.45, 2.75) is 19.3 Å². The molecule has 2 aromatic heterocycles. The lowest BCUT2D eigenvalue weighted by molar-refractivity contribution is -0.119. The summed E-state index contributed by atoms with van der Waals surface area (Å²) in [5.41, 5.74) is 2.42. The zero-order valence-corrected chi connectivity index (χ0v) is 14.5. The van der Waals surface area contributed by atoms with Crippen molar-refractivity contribution in [2.24, 2.45) is 0 Å². The highest BCUT2D eigenvalue weighted by atomic mass is 32.1. The van der Waals surface area contributed by atoms with Crippen molar-refractivity contribution >= 4 is 39.1 Å². The Morgan fingerprint density at radius 3 is 3.04 bits per heavy atom. The van der Waals surface area contributed by atoms with E-state index in [4.69, 9.17) is 4.74 Å². The van der Waals surface area contributed by atoms with Crippen LogP contribution in [0, 0.1) is 11.3 Å². The maximum atomic E-state index is 12.2. The molecule has 1 aromatic carbocycles. The number of para-hydroxylation sites is 1. The number of aromatic nitrogens is 2. The molecule has 26 heavy (non-hydrogen) atoms. The lowest BCUT2D eigenvalue weighted by Gasteiger charge is -2.05. The highest BCUT2D eigenvalue weighted by molar-refractivity contribution is 7.16. The number of fused-ring (bicyclic) bond motifs is 2.